The highest BCUT2D eigenvalue weighted by Gasteiger charge is 2.23. The fourth-order valence-electron chi connectivity index (χ4n) is 2.96. The fraction of sp³-hybridized carbons (Fsp3) is 0.200. The van der Waals surface area contributed by atoms with Crippen LogP contribution in [-0.2, 0) is 16.1 Å². The van der Waals surface area contributed by atoms with Gasteiger partial charge in [0, 0.05) is 30.2 Å². The highest BCUT2D eigenvalue weighted by atomic mass is 16.2. The molecule has 2 aromatic carbocycles. The standard InChI is InChI=1S/C20H21N3O2/c1-23(13-15-7-3-2-4-8-15)19(20(25)14-24)12-22-18-11-21-17-10-6-5-9-16(17)18/h2-11,14,19,21-22H,12-13H2,1H3. The highest BCUT2D eigenvalue weighted by molar-refractivity contribution is 6.27. The maximum atomic E-state index is 12.1. The molecule has 3 rings (SSSR count). The van der Waals surface area contributed by atoms with E-state index in [2.05, 4.69) is 10.3 Å². The number of anilines is 1. The topological polar surface area (TPSA) is 65.2 Å². The first kappa shape index (κ1) is 16.9. The summed E-state index contributed by atoms with van der Waals surface area (Å²) in [5.74, 6) is -0.425. The first-order chi connectivity index (χ1) is 12.2. The number of likely N-dealkylation sites (N-methyl/N-ethyl adjacent to an activating group) is 1. The number of nitrogens with zero attached hydrogens (tertiary/aromatic N) is 1. The van der Waals surface area contributed by atoms with E-state index < -0.39 is 11.8 Å². The number of aromatic nitrogens is 1. The molecular weight excluding hydrogens is 314 g/mol. The van der Waals surface area contributed by atoms with E-state index in [0.717, 1.165) is 22.2 Å². The lowest BCUT2D eigenvalue weighted by molar-refractivity contribution is -0.133. The second kappa shape index (κ2) is 7.77. The van der Waals surface area contributed by atoms with Crippen molar-refractivity contribution >= 4 is 28.7 Å². The van der Waals surface area contributed by atoms with Gasteiger partial charge in [-0.1, -0.05) is 48.5 Å². The van der Waals surface area contributed by atoms with E-state index in [-0.39, 0.29) is 0 Å². The van der Waals surface area contributed by atoms with Crippen LogP contribution in [0.3, 0.4) is 0 Å². The summed E-state index contributed by atoms with van der Waals surface area (Å²) in [6.07, 6.45) is 2.29. The number of H-pyrrole nitrogens is 1. The monoisotopic (exact) mass is 335 g/mol. The van der Waals surface area contributed by atoms with E-state index in [1.807, 2.05) is 72.7 Å². The van der Waals surface area contributed by atoms with Gasteiger partial charge in [-0.2, -0.15) is 0 Å². The smallest absolute Gasteiger partial charge is 0.214 e. The molecule has 1 aromatic heterocycles. The Kier molecular flexibility index (Phi) is 5.26. The van der Waals surface area contributed by atoms with Gasteiger partial charge in [0.25, 0.3) is 0 Å². The normalized spacial score (nSPS) is 12.2. The average Bonchev–Trinajstić information content (AvgIpc) is 3.06. The summed E-state index contributed by atoms with van der Waals surface area (Å²) >= 11 is 0. The number of hydrogen-bond acceptors (Lipinski definition) is 4. The summed E-state index contributed by atoms with van der Waals surface area (Å²) in [4.78, 5) is 28.3. The number of carbonyl (C=O) groups is 2. The fourth-order valence-corrected chi connectivity index (χ4v) is 2.96. The maximum Gasteiger partial charge on any atom is 0.214 e. The maximum absolute atomic E-state index is 12.1. The van der Waals surface area contributed by atoms with Gasteiger partial charge in [0.2, 0.25) is 5.78 Å². The molecule has 1 heterocycles. The number of Topliss-reactive ketones (excluding diaryl/α,β-unsaturated/α-hetero) is 1. The van der Waals surface area contributed by atoms with Gasteiger partial charge in [0.15, 0.2) is 6.29 Å². The van der Waals surface area contributed by atoms with E-state index in [4.69, 9.17) is 0 Å². The number of fused-ring (bicyclic) bond motifs is 1. The number of carbonyl (C=O) groups excluding carboxylic acids is 2. The van der Waals surface area contributed by atoms with Gasteiger partial charge >= 0.3 is 0 Å². The van der Waals surface area contributed by atoms with Gasteiger partial charge in [-0.3, -0.25) is 14.5 Å². The zero-order valence-electron chi connectivity index (χ0n) is 14.1. The minimum Gasteiger partial charge on any atom is -0.381 e. The van der Waals surface area contributed by atoms with Crippen molar-refractivity contribution in [1.29, 1.82) is 0 Å². The van der Waals surface area contributed by atoms with Gasteiger partial charge in [0.05, 0.1) is 11.7 Å². The second-order valence-corrected chi connectivity index (χ2v) is 6.07. The Balaban J connectivity index is 1.72. The van der Waals surface area contributed by atoms with E-state index in [1.165, 1.54) is 0 Å². The summed E-state index contributed by atoms with van der Waals surface area (Å²) < 4.78 is 0. The summed E-state index contributed by atoms with van der Waals surface area (Å²) in [6, 6.07) is 17.3. The minimum absolute atomic E-state index is 0.364. The number of aldehydes is 1. The van der Waals surface area contributed by atoms with Gasteiger partial charge in [-0.05, 0) is 18.7 Å². The van der Waals surface area contributed by atoms with E-state index in [9.17, 15) is 9.59 Å². The lowest BCUT2D eigenvalue weighted by atomic mass is 10.1. The van der Waals surface area contributed by atoms with Crippen LogP contribution < -0.4 is 5.32 Å². The largest absolute Gasteiger partial charge is 0.381 e. The second-order valence-electron chi connectivity index (χ2n) is 6.07. The highest BCUT2D eigenvalue weighted by Crippen LogP contribution is 2.22. The van der Waals surface area contributed by atoms with E-state index in [1.54, 1.807) is 0 Å². The van der Waals surface area contributed by atoms with Crippen molar-refractivity contribution in [3.63, 3.8) is 0 Å². The Morgan fingerprint density at radius 1 is 1.16 bits per heavy atom. The molecule has 0 radical (unpaired) electrons. The van der Waals surface area contributed by atoms with Crippen molar-refractivity contribution in [2.24, 2.45) is 0 Å². The van der Waals surface area contributed by atoms with Crippen LogP contribution in [0.25, 0.3) is 10.9 Å². The lowest BCUT2D eigenvalue weighted by Gasteiger charge is -2.26. The van der Waals surface area contributed by atoms with Crippen LogP contribution in [0.5, 0.6) is 0 Å². The van der Waals surface area contributed by atoms with Crippen LogP contribution in [0.4, 0.5) is 5.69 Å². The Hall–Kier alpha value is -2.92. The van der Waals surface area contributed by atoms with Crippen LogP contribution in [-0.4, -0.2) is 41.6 Å². The quantitative estimate of drug-likeness (QED) is 0.491. The molecule has 2 N–H and O–H groups in total. The number of nitrogens with one attached hydrogen (secondary N) is 2. The molecule has 0 amide bonds. The molecule has 5 heteroatoms. The number of rotatable bonds is 8. The SMILES string of the molecule is CN(Cc1ccccc1)C(CNc1c[nH]c2ccccc12)C(=O)C=O. The molecule has 0 saturated carbocycles. The Morgan fingerprint density at radius 2 is 1.88 bits per heavy atom. The molecule has 1 unspecified atom stereocenters. The zero-order valence-corrected chi connectivity index (χ0v) is 14.1. The molecule has 25 heavy (non-hydrogen) atoms. The molecule has 1 atom stereocenters. The first-order valence-corrected chi connectivity index (χ1v) is 8.22. The molecule has 0 bridgehead atoms. The Morgan fingerprint density at radius 3 is 2.64 bits per heavy atom. The van der Waals surface area contributed by atoms with Crippen LogP contribution in [0.1, 0.15) is 5.56 Å². The average molecular weight is 335 g/mol. The Labute approximate surface area is 146 Å². The van der Waals surface area contributed by atoms with Gasteiger partial charge in [-0.25, -0.2) is 0 Å². The Bertz CT molecular complexity index is 858. The van der Waals surface area contributed by atoms with Crippen molar-refractivity contribution < 1.29 is 9.59 Å². The van der Waals surface area contributed by atoms with Crippen molar-refractivity contribution in [2.75, 3.05) is 18.9 Å². The van der Waals surface area contributed by atoms with Crippen molar-refractivity contribution in [3.8, 4) is 0 Å². The van der Waals surface area contributed by atoms with Crippen LogP contribution in [0.2, 0.25) is 0 Å². The third-order valence-electron chi connectivity index (χ3n) is 4.33. The molecule has 0 aliphatic heterocycles. The molecule has 3 aromatic rings. The van der Waals surface area contributed by atoms with E-state index in [0.29, 0.717) is 19.4 Å². The molecule has 0 aliphatic carbocycles. The number of para-hydroxylation sites is 1. The van der Waals surface area contributed by atoms with Crippen molar-refractivity contribution in [1.82, 2.24) is 9.88 Å². The summed E-state index contributed by atoms with van der Waals surface area (Å²) in [6.45, 7) is 0.962. The number of aromatic amines is 1. The molecule has 0 fully saturated rings. The van der Waals surface area contributed by atoms with Gasteiger partial charge < -0.3 is 10.3 Å². The number of hydrogen-bond donors (Lipinski definition) is 2. The lowest BCUT2D eigenvalue weighted by Crippen LogP contribution is -2.43. The number of benzene rings is 2. The molecule has 0 saturated heterocycles. The van der Waals surface area contributed by atoms with Crippen LogP contribution in [0, 0.1) is 0 Å². The predicted molar refractivity (Wildman–Crippen MR) is 99.6 cm³/mol. The first-order valence-electron chi connectivity index (χ1n) is 8.22. The molecular formula is C20H21N3O2. The summed E-state index contributed by atoms with van der Waals surface area (Å²) in [5.41, 5.74) is 3.05. The molecule has 128 valence electrons. The van der Waals surface area contributed by atoms with Crippen LogP contribution >= 0.6 is 0 Å². The zero-order chi connectivity index (χ0) is 17.6. The van der Waals surface area contributed by atoms with Crippen LogP contribution in [0.15, 0.2) is 60.8 Å². The van der Waals surface area contributed by atoms with Crippen molar-refractivity contribution in [3.05, 3.63) is 66.4 Å². The minimum atomic E-state index is -0.522. The van der Waals surface area contributed by atoms with Gasteiger partial charge in [-0.15, -0.1) is 0 Å². The molecule has 0 aliphatic rings. The van der Waals surface area contributed by atoms with Crippen molar-refractivity contribution in [2.45, 2.75) is 12.6 Å². The summed E-state index contributed by atoms with van der Waals surface area (Å²) in [5, 5.41) is 4.36. The van der Waals surface area contributed by atoms with E-state index >= 15 is 0 Å². The molecule has 0 spiro atoms. The molecule has 5 nitrogen and oxygen atoms in total. The number of ketones is 1. The third-order valence-corrected chi connectivity index (χ3v) is 4.33. The third kappa shape index (κ3) is 3.95. The summed E-state index contributed by atoms with van der Waals surface area (Å²) in [7, 11) is 1.86. The predicted octanol–water partition coefficient (Wildman–Crippen LogP) is 2.85. The van der Waals surface area contributed by atoms with Gasteiger partial charge in [0.1, 0.15) is 0 Å².